The van der Waals surface area contributed by atoms with Crippen molar-refractivity contribution in [3.63, 3.8) is 0 Å². The summed E-state index contributed by atoms with van der Waals surface area (Å²) in [6.07, 6.45) is 2.54. The van der Waals surface area contributed by atoms with Gasteiger partial charge in [0.05, 0.1) is 10.5 Å². The highest BCUT2D eigenvalue weighted by atomic mass is 79.9. The van der Waals surface area contributed by atoms with Gasteiger partial charge in [-0.25, -0.2) is 0 Å². The average molecular weight is 468 g/mol. The van der Waals surface area contributed by atoms with E-state index in [0.717, 1.165) is 45.8 Å². The number of rotatable bonds is 6. The van der Waals surface area contributed by atoms with Gasteiger partial charge >= 0.3 is 0 Å². The van der Waals surface area contributed by atoms with Crippen LogP contribution in [0.25, 0.3) is 10.8 Å². The molecule has 0 unspecified atom stereocenters. The molecule has 3 aromatic rings. The number of carbonyl (C=O) groups is 1. The fraction of sp³-hybridized carbons (Fsp3) is 0.320. The van der Waals surface area contributed by atoms with Crippen LogP contribution in [0, 0.1) is 0 Å². The lowest BCUT2D eigenvalue weighted by molar-refractivity contribution is -0.124. The lowest BCUT2D eigenvalue weighted by Gasteiger charge is -2.41. The van der Waals surface area contributed by atoms with E-state index in [1.165, 1.54) is 0 Å². The van der Waals surface area contributed by atoms with Gasteiger partial charge < -0.3 is 14.8 Å². The Hall–Kier alpha value is -2.53. The predicted octanol–water partition coefficient (Wildman–Crippen LogP) is 6.18. The number of ether oxygens (including phenoxy) is 2. The molecule has 0 aromatic heterocycles. The molecule has 5 heteroatoms. The van der Waals surface area contributed by atoms with Crippen molar-refractivity contribution in [1.29, 1.82) is 0 Å². The van der Waals surface area contributed by atoms with Crippen LogP contribution in [0.2, 0.25) is 0 Å². The Morgan fingerprint density at radius 1 is 1.10 bits per heavy atom. The first-order chi connectivity index (χ1) is 14.5. The summed E-state index contributed by atoms with van der Waals surface area (Å²) in [5.74, 6) is 1.38. The number of carbonyl (C=O) groups excluding carboxylic acids is 1. The van der Waals surface area contributed by atoms with E-state index in [9.17, 15) is 4.79 Å². The molecule has 0 spiro atoms. The molecule has 3 aromatic carbocycles. The van der Waals surface area contributed by atoms with Crippen LogP contribution in [-0.4, -0.2) is 18.1 Å². The SMILES string of the molecule is CCC1(CC)C[C@@H](NC(=O)COc2ccc3ccccc3c2Br)c2ccccc2O1. The van der Waals surface area contributed by atoms with E-state index < -0.39 is 0 Å². The number of benzene rings is 3. The highest BCUT2D eigenvalue weighted by molar-refractivity contribution is 9.10. The zero-order valence-corrected chi connectivity index (χ0v) is 18.9. The zero-order valence-electron chi connectivity index (χ0n) is 17.3. The standard InChI is InChI=1S/C25H26BrNO3/c1-3-25(4-2)15-20(19-11-7-8-12-21(19)30-25)27-23(28)16-29-22-14-13-17-9-5-6-10-18(17)24(22)26/h5-14,20H,3-4,15-16H2,1-2H3,(H,27,28)/t20-/m1/s1. The van der Waals surface area contributed by atoms with Crippen molar-refractivity contribution >= 4 is 32.6 Å². The molecule has 0 aliphatic carbocycles. The van der Waals surface area contributed by atoms with E-state index in [4.69, 9.17) is 9.47 Å². The van der Waals surface area contributed by atoms with Gasteiger partial charge in [-0.15, -0.1) is 0 Å². The van der Waals surface area contributed by atoms with Crippen LogP contribution < -0.4 is 14.8 Å². The monoisotopic (exact) mass is 467 g/mol. The highest BCUT2D eigenvalue weighted by Gasteiger charge is 2.38. The second-order valence-corrected chi connectivity index (χ2v) is 8.53. The summed E-state index contributed by atoms with van der Waals surface area (Å²) in [4.78, 5) is 12.8. The Bertz CT molecular complexity index is 1060. The molecule has 4 nitrogen and oxygen atoms in total. The molecule has 1 amide bonds. The van der Waals surface area contributed by atoms with Crippen molar-refractivity contribution in [3.8, 4) is 11.5 Å². The van der Waals surface area contributed by atoms with Gasteiger partial charge in [0.15, 0.2) is 6.61 Å². The van der Waals surface area contributed by atoms with E-state index in [-0.39, 0.29) is 24.2 Å². The van der Waals surface area contributed by atoms with Crippen LogP contribution in [-0.2, 0) is 4.79 Å². The first kappa shape index (κ1) is 20.7. The van der Waals surface area contributed by atoms with Crippen LogP contribution >= 0.6 is 15.9 Å². The van der Waals surface area contributed by atoms with Crippen molar-refractivity contribution in [3.05, 3.63) is 70.7 Å². The van der Waals surface area contributed by atoms with Crippen molar-refractivity contribution < 1.29 is 14.3 Å². The molecular formula is C25H26BrNO3. The Balaban J connectivity index is 1.48. The maximum Gasteiger partial charge on any atom is 0.258 e. The molecule has 0 radical (unpaired) electrons. The fourth-order valence-corrected chi connectivity index (χ4v) is 4.74. The fourth-order valence-electron chi connectivity index (χ4n) is 4.13. The minimum Gasteiger partial charge on any atom is -0.487 e. The maximum absolute atomic E-state index is 12.8. The number of halogens is 1. The van der Waals surface area contributed by atoms with Crippen LogP contribution in [0.4, 0.5) is 0 Å². The van der Waals surface area contributed by atoms with E-state index in [0.29, 0.717) is 5.75 Å². The number of amides is 1. The molecule has 1 aliphatic rings. The predicted molar refractivity (Wildman–Crippen MR) is 123 cm³/mol. The van der Waals surface area contributed by atoms with Gasteiger partial charge in [-0.3, -0.25) is 4.79 Å². The summed E-state index contributed by atoms with van der Waals surface area (Å²) in [6, 6.07) is 19.8. The molecule has 0 fully saturated rings. The summed E-state index contributed by atoms with van der Waals surface area (Å²) < 4.78 is 13.0. The van der Waals surface area contributed by atoms with Gasteiger partial charge in [0.2, 0.25) is 0 Å². The van der Waals surface area contributed by atoms with Crippen molar-refractivity contribution in [2.45, 2.75) is 44.8 Å². The number of hydrogen-bond donors (Lipinski definition) is 1. The Labute approximate surface area is 185 Å². The number of hydrogen-bond acceptors (Lipinski definition) is 3. The summed E-state index contributed by atoms with van der Waals surface area (Å²) in [7, 11) is 0. The van der Waals surface area contributed by atoms with E-state index in [2.05, 4.69) is 35.1 Å². The van der Waals surface area contributed by atoms with Crippen LogP contribution in [0.15, 0.2) is 65.1 Å². The molecule has 1 N–H and O–H groups in total. The lowest BCUT2D eigenvalue weighted by Crippen LogP contribution is -2.45. The van der Waals surface area contributed by atoms with Gasteiger partial charge in [0, 0.05) is 12.0 Å². The summed E-state index contributed by atoms with van der Waals surface area (Å²) in [5.41, 5.74) is 0.768. The molecule has 0 bridgehead atoms. The largest absolute Gasteiger partial charge is 0.487 e. The quantitative estimate of drug-likeness (QED) is 0.470. The topological polar surface area (TPSA) is 47.6 Å². The molecule has 4 rings (SSSR count). The summed E-state index contributed by atoms with van der Waals surface area (Å²) >= 11 is 3.61. The first-order valence-corrected chi connectivity index (χ1v) is 11.2. The second-order valence-electron chi connectivity index (χ2n) is 7.74. The number of para-hydroxylation sites is 1. The van der Waals surface area contributed by atoms with Gasteiger partial charge in [-0.1, -0.05) is 62.4 Å². The smallest absolute Gasteiger partial charge is 0.258 e. The van der Waals surface area contributed by atoms with Gasteiger partial charge in [0.1, 0.15) is 17.1 Å². The van der Waals surface area contributed by atoms with Crippen LogP contribution in [0.5, 0.6) is 11.5 Å². The van der Waals surface area contributed by atoms with Crippen molar-refractivity contribution in [2.24, 2.45) is 0 Å². The van der Waals surface area contributed by atoms with Crippen molar-refractivity contribution in [1.82, 2.24) is 5.32 Å². The summed E-state index contributed by atoms with van der Waals surface area (Å²) in [6.45, 7) is 4.23. The average Bonchev–Trinajstić information content (AvgIpc) is 2.78. The normalized spacial score (nSPS) is 17.1. The van der Waals surface area contributed by atoms with E-state index in [1.807, 2.05) is 60.7 Å². The van der Waals surface area contributed by atoms with Crippen LogP contribution in [0.3, 0.4) is 0 Å². The Morgan fingerprint density at radius 3 is 2.63 bits per heavy atom. The third-order valence-corrected chi connectivity index (χ3v) is 6.83. The lowest BCUT2D eigenvalue weighted by atomic mass is 9.83. The molecule has 1 heterocycles. The Morgan fingerprint density at radius 2 is 1.83 bits per heavy atom. The zero-order chi connectivity index (χ0) is 21.1. The Kier molecular flexibility index (Phi) is 6.00. The van der Waals surface area contributed by atoms with Crippen molar-refractivity contribution in [2.75, 3.05) is 6.61 Å². The summed E-state index contributed by atoms with van der Waals surface area (Å²) in [5, 5.41) is 5.35. The van der Waals surface area contributed by atoms with Gasteiger partial charge in [-0.05, 0) is 51.7 Å². The highest BCUT2D eigenvalue weighted by Crippen LogP contribution is 2.42. The number of fused-ring (bicyclic) bond motifs is 2. The molecule has 30 heavy (non-hydrogen) atoms. The first-order valence-electron chi connectivity index (χ1n) is 10.4. The minimum absolute atomic E-state index is 0.0400. The van der Waals surface area contributed by atoms with Gasteiger partial charge in [-0.2, -0.15) is 0 Å². The molecule has 1 atom stereocenters. The van der Waals surface area contributed by atoms with E-state index in [1.54, 1.807) is 0 Å². The van der Waals surface area contributed by atoms with E-state index >= 15 is 0 Å². The van der Waals surface area contributed by atoms with Crippen LogP contribution in [0.1, 0.15) is 44.7 Å². The third-order valence-electron chi connectivity index (χ3n) is 6.01. The molecule has 1 aliphatic heterocycles. The van der Waals surface area contributed by atoms with Gasteiger partial charge in [0.25, 0.3) is 5.91 Å². The second kappa shape index (κ2) is 8.68. The molecular weight excluding hydrogens is 442 g/mol. The number of nitrogens with one attached hydrogen (secondary N) is 1. The molecule has 156 valence electrons. The minimum atomic E-state index is -0.255. The molecule has 0 saturated heterocycles. The third kappa shape index (κ3) is 4.04. The molecule has 0 saturated carbocycles. The maximum atomic E-state index is 12.8.